The standard InChI is InChI=1S/C16H18N4OS/c1-5-19(3)16(21)11-9-12(13-7-6-8-22-13)17-15-14(11)10(2)18-20(15)4/h6-9H,5H2,1-4H3. The van der Waals surface area contributed by atoms with Crippen molar-refractivity contribution in [2.75, 3.05) is 13.6 Å². The van der Waals surface area contributed by atoms with Gasteiger partial charge in [-0.25, -0.2) is 4.98 Å². The third-order valence-electron chi connectivity index (χ3n) is 3.79. The monoisotopic (exact) mass is 314 g/mol. The van der Waals surface area contributed by atoms with E-state index in [1.54, 1.807) is 20.9 Å². The van der Waals surface area contributed by atoms with E-state index in [1.165, 1.54) is 0 Å². The van der Waals surface area contributed by atoms with Crippen molar-refractivity contribution in [2.24, 2.45) is 7.05 Å². The van der Waals surface area contributed by atoms with Gasteiger partial charge < -0.3 is 4.90 Å². The summed E-state index contributed by atoms with van der Waals surface area (Å²) >= 11 is 1.61. The quantitative estimate of drug-likeness (QED) is 0.746. The number of fused-ring (bicyclic) bond motifs is 1. The Morgan fingerprint density at radius 2 is 2.23 bits per heavy atom. The van der Waals surface area contributed by atoms with Gasteiger partial charge in [-0.2, -0.15) is 5.10 Å². The van der Waals surface area contributed by atoms with Crippen LogP contribution >= 0.6 is 11.3 Å². The van der Waals surface area contributed by atoms with Crippen molar-refractivity contribution in [3.63, 3.8) is 0 Å². The van der Waals surface area contributed by atoms with Gasteiger partial charge in [0.2, 0.25) is 0 Å². The summed E-state index contributed by atoms with van der Waals surface area (Å²) in [6.07, 6.45) is 0. The zero-order valence-corrected chi connectivity index (χ0v) is 13.9. The Bertz CT molecular complexity index is 836. The van der Waals surface area contributed by atoms with Gasteiger partial charge >= 0.3 is 0 Å². The van der Waals surface area contributed by atoms with Crippen molar-refractivity contribution in [1.82, 2.24) is 19.7 Å². The minimum atomic E-state index is 0.00352. The number of hydrogen-bond acceptors (Lipinski definition) is 4. The molecule has 0 aromatic carbocycles. The smallest absolute Gasteiger partial charge is 0.254 e. The first-order valence-electron chi connectivity index (χ1n) is 7.16. The van der Waals surface area contributed by atoms with Crippen molar-refractivity contribution in [3.05, 3.63) is 34.8 Å². The maximum Gasteiger partial charge on any atom is 0.254 e. The summed E-state index contributed by atoms with van der Waals surface area (Å²) in [6, 6.07) is 5.89. The summed E-state index contributed by atoms with van der Waals surface area (Å²) in [4.78, 5) is 20.2. The highest BCUT2D eigenvalue weighted by Gasteiger charge is 2.21. The molecule has 0 radical (unpaired) electrons. The molecule has 22 heavy (non-hydrogen) atoms. The second-order valence-corrected chi connectivity index (χ2v) is 6.21. The Balaban J connectivity index is 2.30. The van der Waals surface area contributed by atoms with Gasteiger partial charge in [-0.1, -0.05) is 6.07 Å². The molecule has 3 aromatic rings. The number of carbonyl (C=O) groups is 1. The Morgan fingerprint density at radius 3 is 2.86 bits per heavy atom. The first-order chi connectivity index (χ1) is 10.5. The van der Waals surface area contributed by atoms with Crippen molar-refractivity contribution in [2.45, 2.75) is 13.8 Å². The second-order valence-electron chi connectivity index (χ2n) is 5.26. The third-order valence-corrected chi connectivity index (χ3v) is 4.69. The molecule has 0 N–H and O–H groups in total. The van der Waals surface area contributed by atoms with E-state index in [2.05, 4.69) is 5.10 Å². The lowest BCUT2D eigenvalue weighted by Crippen LogP contribution is -2.26. The SMILES string of the molecule is CCN(C)C(=O)c1cc(-c2cccs2)nc2c1c(C)nn2C. The summed E-state index contributed by atoms with van der Waals surface area (Å²) in [6.45, 7) is 4.54. The van der Waals surface area contributed by atoms with E-state index >= 15 is 0 Å². The molecule has 114 valence electrons. The summed E-state index contributed by atoms with van der Waals surface area (Å²) in [7, 11) is 3.67. The summed E-state index contributed by atoms with van der Waals surface area (Å²) in [5.41, 5.74) is 3.06. The molecule has 0 atom stereocenters. The number of aromatic nitrogens is 3. The molecule has 3 heterocycles. The van der Waals surface area contributed by atoms with E-state index in [0.717, 1.165) is 27.3 Å². The summed E-state index contributed by atoms with van der Waals surface area (Å²) < 4.78 is 1.74. The zero-order chi connectivity index (χ0) is 15.9. The molecular weight excluding hydrogens is 296 g/mol. The lowest BCUT2D eigenvalue weighted by atomic mass is 10.1. The van der Waals surface area contributed by atoms with Crippen LogP contribution in [0.4, 0.5) is 0 Å². The van der Waals surface area contributed by atoms with Crippen LogP contribution in [0, 0.1) is 6.92 Å². The molecule has 0 saturated heterocycles. The largest absolute Gasteiger partial charge is 0.342 e. The number of nitrogens with zero attached hydrogens (tertiary/aromatic N) is 4. The van der Waals surface area contributed by atoms with Gasteiger partial charge in [0.1, 0.15) is 0 Å². The first-order valence-corrected chi connectivity index (χ1v) is 8.04. The number of carbonyl (C=O) groups excluding carboxylic acids is 1. The van der Waals surface area contributed by atoms with Crippen LogP contribution in [0.3, 0.4) is 0 Å². The normalized spacial score (nSPS) is 11.1. The predicted molar refractivity (Wildman–Crippen MR) is 89.2 cm³/mol. The fraction of sp³-hybridized carbons (Fsp3) is 0.312. The van der Waals surface area contributed by atoms with E-state index in [1.807, 2.05) is 51.5 Å². The van der Waals surface area contributed by atoms with Gasteiger partial charge in [0.25, 0.3) is 5.91 Å². The summed E-state index contributed by atoms with van der Waals surface area (Å²) in [5.74, 6) is 0.00352. The molecule has 5 nitrogen and oxygen atoms in total. The van der Waals surface area contributed by atoms with Gasteiger partial charge in [0, 0.05) is 20.6 Å². The average molecular weight is 314 g/mol. The maximum atomic E-state index is 12.7. The summed E-state index contributed by atoms with van der Waals surface area (Å²) in [5, 5.41) is 7.28. The predicted octanol–water partition coefficient (Wildman–Crippen LogP) is 3.10. The first kappa shape index (κ1) is 14.7. The van der Waals surface area contributed by atoms with Gasteiger partial charge in [-0.3, -0.25) is 9.48 Å². The van der Waals surface area contributed by atoms with Crippen LogP contribution in [0.2, 0.25) is 0 Å². The number of aryl methyl sites for hydroxylation is 2. The Kier molecular flexibility index (Phi) is 3.70. The Morgan fingerprint density at radius 1 is 1.45 bits per heavy atom. The molecule has 1 amide bonds. The van der Waals surface area contributed by atoms with E-state index in [9.17, 15) is 4.79 Å². The van der Waals surface area contributed by atoms with E-state index < -0.39 is 0 Å². The molecule has 0 aliphatic carbocycles. The van der Waals surface area contributed by atoms with E-state index in [4.69, 9.17) is 4.98 Å². The van der Waals surface area contributed by atoms with E-state index in [0.29, 0.717) is 12.1 Å². The highest BCUT2D eigenvalue weighted by molar-refractivity contribution is 7.13. The molecule has 3 rings (SSSR count). The molecular formula is C16H18N4OS. The number of pyridine rings is 1. The van der Waals surface area contributed by atoms with E-state index in [-0.39, 0.29) is 5.91 Å². The second kappa shape index (κ2) is 5.53. The van der Waals surface area contributed by atoms with Crippen LogP contribution < -0.4 is 0 Å². The van der Waals surface area contributed by atoms with Crippen molar-refractivity contribution >= 4 is 28.3 Å². The molecule has 0 saturated carbocycles. The minimum absolute atomic E-state index is 0.00352. The fourth-order valence-corrected chi connectivity index (χ4v) is 3.20. The molecule has 0 spiro atoms. The lowest BCUT2D eigenvalue weighted by molar-refractivity contribution is 0.0804. The van der Waals surface area contributed by atoms with Crippen molar-refractivity contribution in [3.8, 4) is 10.6 Å². The van der Waals surface area contributed by atoms with Crippen LogP contribution in [0.5, 0.6) is 0 Å². The topological polar surface area (TPSA) is 51.0 Å². The molecule has 6 heteroatoms. The van der Waals surface area contributed by atoms with Crippen molar-refractivity contribution in [1.29, 1.82) is 0 Å². The van der Waals surface area contributed by atoms with Crippen LogP contribution in [0.25, 0.3) is 21.6 Å². The van der Waals surface area contributed by atoms with Gasteiger partial charge in [-0.05, 0) is 31.4 Å². The van der Waals surface area contributed by atoms with Crippen LogP contribution in [0.15, 0.2) is 23.6 Å². The molecule has 0 bridgehead atoms. The van der Waals surface area contributed by atoms with Gasteiger partial charge in [0.15, 0.2) is 5.65 Å². The van der Waals surface area contributed by atoms with Crippen LogP contribution in [-0.4, -0.2) is 39.2 Å². The number of amides is 1. The number of thiophene rings is 1. The lowest BCUT2D eigenvalue weighted by Gasteiger charge is -2.15. The molecule has 0 unspecified atom stereocenters. The third kappa shape index (κ3) is 2.29. The fourth-order valence-electron chi connectivity index (χ4n) is 2.51. The number of hydrogen-bond donors (Lipinski definition) is 0. The molecule has 3 aromatic heterocycles. The molecule has 0 aliphatic heterocycles. The number of rotatable bonds is 3. The van der Waals surface area contributed by atoms with Gasteiger partial charge in [-0.15, -0.1) is 11.3 Å². The van der Waals surface area contributed by atoms with Crippen LogP contribution in [0.1, 0.15) is 23.0 Å². The maximum absolute atomic E-state index is 12.7. The zero-order valence-electron chi connectivity index (χ0n) is 13.1. The van der Waals surface area contributed by atoms with Crippen molar-refractivity contribution < 1.29 is 4.79 Å². The average Bonchev–Trinajstić information content (AvgIpc) is 3.14. The molecule has 0 aliphatic rings. The Labute approximate surface area is 133 Å². The highest BCUT2D eigenvalue weighted by atomic mass is 32.1. The minimum Gasteiger partial charge on any atom is -0.342 e. The highest BCUT2D eigenvalue weighted by Crippen LogP contribution is 2.29. The Hall–Kier alpha value is -2.21. The molecule has 0 fully saturated rings. The van der Waals surface area contributed by atoms with Gasteiger partial charge in [0.05, 0.1) is 27.2 Å². The van der Waals surface area contributed by atoms with Crippen LogP contribution in [-0.2, 0) is 7.05 Å².